The summed E-state index contributed by atoms with van der Waals surface area (Å²) in [4.78, 5) is 16.5. The lowest BCUT2D eigenvalue weighted by Gasteiger charge is -2.34. The zero-order valence-corrected chi connectivity index (χ0v) is 15.0. The first-order valence-corrected chi connectivity index (χ1v) is 10.2. The van der Waals surface area contributed by atoms with Crippen LogP contribution >= 0.6 is 11.3 Å². The minimum Gasteiger partial charge on any atom is -0.290 e. The Hall–Kier alpha value is -1.33. The Balaban J connectivity index is 1.43. The minimum atomic E-state index is 0.469. The second-order valence-corrected chi connectivity index (χ2v) is 8.06. The lowest BCUT2D eigenvalue weighted by atomic mass is 9.89. The molecule has 0 unspecified atom stereocenters. The van der Waals surface area contributed by atoms with Crippen LogP contribution < -0.4 is 0 Å². The predicted molar refractivity (Wildman–Crippen MR) is 97.0 cm³/mol. The summed E-state index contributed by atoms with van der Waals surface area (Å²) in [6, 6.07) is 0.469. The highest BCUT2D eigenvalue weighted by atomic mass is 32.1. The molecule has 0 N–H and O–H groups in total. The van der Waals surface area contributed by atoms with Crippen molar-refractivity contribution in [1.29, 1.82) is 0 Å². The molecule has 0 spiro atoms. The van der Waals surface area contributed by atoms with Gasteiger partial charge in [-0.3, -0.25) is 4.90 Å². The number of rotatable bonds is 4. The summed E-state index contributed by atoms with van der Waals surface area (Å²) in [7, 11) is 0. The summed E-state index contributed by atoms with van der Waals surface area (Å²) in [6.45, 7) is 2.09. The van der Waals surface area contributed by atoms with Gasteiger partial charge in [-0.05, 0) is 32.2 Å². The number of likely N-dealkylation sites (tertiary alicyclic amines) is 1. The van der Waals surface area contributed by atoms with Crippen molar-refractivity contribution >= 4 is 11.3 Å². The Labute approximate surface area is 148 Å². The van der Waals surface area contributed by atoms with Crippen molar-refractivity contribution in [2.24, 2.45) is 0 Å². The zero-order valence-electron chi connectivity index (χ0n) is 14.2. The van der Waals surface area contributed by atoms with Gasteiger partial charge in [0, 0.05) is 42.0 Å². The first-order chi connectivity index (χ1) is 11.9. The Morgan fingerprint density at radius 1 is 0.958 bits per heavy atom. The second-order valence-electron chi connectivity index (χ2n) is 7.14. The summed E-state index contributed by atoms with van der Waals surface area (Å²) in [6.07, 6.45) is 16.4. The summed E-state index contributed by atoms with van der Waals surface area (Å²) in [5, 5.41) is 3.35. The van der Waals surface area contributed by atoms with E-state index in [9.17, 15) is 0 Å². The molecule has 2 aliphatic rings. The van der Waals surface area contributed by atoms with Crippen LogP contribution in [0.1, 0.15) is 79.7 Å². The Morgan fingerprint density at radius 3 is 2.50 bits per heavy atom. The highest BCUT2D eigenvalue weighted by Gasteiger charge is 2.26. The van der Waals surface area contributed by atoms with E-state index < -0.39 is 0 Å². The molecule has 4 rings (SSSR count). The van der Waals surface area contributed by atoms with E-state index in [-0.39, 0.29) is 0 Å². The van der Waals surface area contributed by atoms with Crippen molar-refractivity contribution in [3.05, 3.63) is 40.4 Å². The molecule has 2 aromatic heterocycles. The Morgan fingerprint density at radius 2 is 1.75 bits per heavy atom. The molecule has 3 heterocycles. The molecule has 2 aromatic rings. The first kappa shape index (κ1) is 16.2. The molecule has 0 aromatic carbocycles. The number of nitrogens with zero attached hydrogens (tertiary/aromatic N) is 4. The average molecular weight is 343 g/mol. The van der Waals surface area contributed by atoms with Crippen molar-refractivity contribution in [1.82, 2.24) is 19.9 Å². The fourth-order valence-electron chi connectivity index (χ4n) is 4.11. The Bertz CT molecular complexity index is 619. The van der Waals surface area contributed by atoms with Crippen LogP contribution in [0.2, 0.25) is 0 Å². The summed E-state index contributed by atoms with van der Waals surface area (Å²) < 4.78 is 0. The monoisotopic (exact) mass is 342 g/mol. The van der Waals surface area contributed by atoms with Crippen LogP contribution in [0, 0.1) is 0 Å². The van der Waals surface area contributed by atoms with E-state index in [1.54, 1.807) is 11.3 Å². The molecular weight excluding hydrogens is 316 g/mol. The van der Waals surface area contributed by atoms with Crippen LogP contribution in [-0.2, 0) is 6.54 Å². The van der Waals surface area contributed by atoms with E-state index in [1.165, 1.54) is 61.9 Å². The van der Waals surface area contributed by atoms with Crippen LogP contribution in [0.25, 0.3) is 0 Å². The molecule has 24 heavy (non-hydrogen) atoms. The number of aromatic nitrogens is 3. The third-order valence-corrected chi connectivity index (χ3v) is 6.31. The smallest absolute Gasteiger partial charge is 0.131 e. The topological polar surface area (TPSA) is 41.9 Å². The molecule has 1 atom stereocenters. The number of thiazole rings is 1. The summed E-state index contributed by atoms with van der Waals surface area (Å²) in [5.41, 5.74) is 1.23. The molecular formula is C19H26N4S. The molecule has 1 aliphatic carbocycles. The average Bonchev–Trinajstić information content (AvgIpc) is 3.18. The molecule has 1 saturated heterocycles. The molecule has 5 heteroatoms. The van der Waals surface area contributed by atoms with Gasteiger partial charge >= 0.3 is 0 Å². The van der Waals surface area contributed by atoms with Gasteiger partial charge in [0.1, 0.15) is 10.8 Å². The standard InChI is InChI=1S/C19H26N4S/c1-2-6-16(7-3-1)18-21-12-15(13-22-18)14-23-10-5-4-8-17(23)19-20-9-11-24-19/h9,11-13,16-17H,1-8,10,14H2/t17-/m1/s1. The largest absolute Gasteiger partial charge is 0.290 e. The lowest BCUT2D eigenvalue weighted by molar-refractivity contribution is 0.140. The maximum Gasteiger partial charge on any atom is 0.131 e. The maximum absolute atomic E-state index is 4.70. The molecule has 2 fully saturated rings. The van der Waals surface area contributed by atoms with Gasteiger partial charge in [-0.2, -0.15) is 0 Å². The number of piperidine rings is 1. The first-order valence-electron chi connectivity index (χ1n) is 9.34. The molecule has 128 valence electrons. The van der Waals surface area contributed by atoms with Crippen LogP contribution in [0.5, 0.6) is 0 Å². The van der Waals surface area contributed by atoms with Gasteiger partial charge in [-0.25, -0.2) is 15.0 Å². The van der Waals surface area contributed by atoms with Crippen LogP contribution in [0.15, 0.2) is 24.0 Å². The van der Waals surface area contributed by atoms with E-state index in [0.717, 1.165) is 18.9 Å². The van der Waals surface area contributed by atoms with Gasteiger partial charge in [0.25, 0.3) is 0 Å². The zero-order chi connectivity index (χ0) is 16.2. The molecule has 4 nitrogen and oxygen atoms in total. The van der Waals surface area contributed by atoms with E-state index >= 15 is 0 Å². The van der Waals surface area contributed by atoms with Gasteiger partial charge in [-0.1, -0.05) is 25.7 Å². The van der Waals surface area contributed by atoms with E-state index in [4.69, 9.17) is 9.97 Å². The highest BCUT2D eigenvalue weighted by Crippen LogP contribution is 2.33. The SMILES string of the molecule is c1csc([C@H]2CCCCN2Cc2cnc(C3CCCCC3)nc2)n1. The lowest BCUT2D eigenvalue weighted by Crippen LogP contribution is -2.33. The second kappa shape index (κ2) is 7.70. The van der Waals surface area contributed by atoms with Crippen molar-refractivity contribution in [3.63, 3.8) is 0 Å². The summed E-state index contributed by atoms with van der Waals surface area (Å²) >= 11 is 1.78. The third kappa shape index (κ3) is 3.67. The van der Waals surface area contributed by atoms with Gasteiger partial charge in [0.05, 0.1) is 6.04 Å². The highest BCUT2D eigenvalue weighted by molar-refractivity contribution is 7.09. The molecule has 0 bridgehead atoms. The van der Waals surface area contributed by atoms with Crippen LogP contribution in [0.3, 0.4) is 0 Å². The Kier molecular flexibility index (Phi) is 5.18. The third-order valence-electron chi connectivity index (χ3n) is 5.43. The normalized spacial score (nSPS) is 23.4. The van der Waals surface area contributed by atoms with Crippen molar-refractivity contribution in [2.75, 3.05) is 6.54 Å². The quantitative estimate of drug-likeness (QED) is 0.807. The number of hydrogen-bond donors (Lipinski definition) is 0. The van der Waals surface area contributed by atoms with Gasteiger partial charge < -0.3 is 0 Å². The summed E-state index contributed by atoms with van der Waals surface area (Å²) in [5.74, 6) is 1.65. The van der Waals surface area contributed by atoms with Gasteiger partial charge in [0.15, 0.2) is 0 Å². The number of hydrogen-bond acceptors (Lipinski definition) is 5. The van der Waals surface area contributed by atoms with Crippen molar-refractivity contribution in [3.8, 4) is 0 Å². The minimum absolute atomic E-state index is 0.469. The van der Waals surface area contributed by atoms with Gasteiger partial charge in [0.2, 0.25) is 0 Å². The van der Waals surface area contributed by atoms with E-state index in [2.05, 4.69) is 27.7 Å². The molecule has 0 radical (unpaired) electrons. The molecule has 1 saturated carbocycles. The fourth-order valence-corrected chi connectivity index (χ4v) is 4.92. The van der Waals surface area contributed by atoms with E-state index in [1.807, 2.05) is 6.20 Å². The maximum atomic E-state index is 4.70. The molecule has 1 aliphatic heterocycles. The van der Waals surface area contributed by atoms with E-state index in [0.29, 0.717) is 12.0 Å². The molecule has 0 amide bonds. The van der Waals surface area contributed by atoms with Crippen LogP contribution in [0.4, 0.5) is 0 Å². The van der Waals surface area contributed by atoms with Gasteiger partial charge in [-0.15, -0.1) is 11.3 Å². The van der Waals surface area contributed by atoms with Crippen LogP contribution in [-0.4, -0.2) is 26.4 Å². The van der Waals surface area contributed by atoms with Crippen molar-refractivity contribution in [2.45, 2.75) is 69.9 Å². The predicted octanol–water partition coefficient (Wildman–Crippen LogP) is 4.71. The van der Waals surface area contributed by atoms with Crippen molar-refractivity contribution < 1.29 is 0 Å². The fraction of sp³-hybridized carbons (Fsp3) is 0.632.